The van der Waals surface area contributed by atoms with Gasteiger partial charge in [-0.05, 0) is 25.3 Å². The summed E-state index contributed by atoms with van der Waals surface area (Å²) in [4.78, 5) is 2.50. The van der Waals surface area contributed by atoms with Crippen LogP contribution in [0.4, 0.5) is 0 Å². The number of nitrogens with one attached hydrogen (secondary N) is 1. The molecule has 1 spiro atoms. The van der Waals surface area contributed by atoms with Crippen LogP contribution in [0.2, 0.25) is 0 Å². The van der Waals surface area contributed by atoms with Crippen molar-refractivity contribution in [3.8, 4) is 0 Å². The zero-order chi connectivity index (χ0) is 10.2. The summed E-state index contributed by atoms with van der Waals surface area (Å²) in [6.45, 7) is 13.6. The zero-order valence-corrected chi connectivity index (χ0v) is 9.47. The Morgan fingerprint density at radius 3 is 2.79 bits per heavy atom. The van der Waals surface area contributed by atoms with Gasteiger partial charge >= 0.3 is 0 Å². The van der Waals surface area contributed by atoms with Gasteiger partial charge < -0.3 is 10.2 Å². The maximum atomic E-state index is 4.20. The van der Waals surface area contributed by atoms with Gasteiger partial charge in [0, 0.05) is 30.7 Å². The lowest BCUT2D eigenvalue weighted by Gasteiger charge is -2.27. The molecule has 0 aromatic heterocycles. The summed E-state index contributed by atoms with van der Waals surface area (Å²) in [5.74, 6) is 0.597. The van der Waals surface area contributed by atoms with E-state index in [2.05, 4.69) is 30.6 Å². The third kappa shape index (κ3) is 1.68. The van der Waals surface area contributed by atoms with Crippen LogP contribution in [-0.2, 0) is 0 Å². The minimum Gasteiger partial charge on any atom is -0.374 e. The van der Waals surface area contributed by atoms with E-state index in [1.54, 1.807) is 0 Å². The van der Waals surface area contributed by atoms with Crippen molar-refractivity contribution in [2.24, 2.45) is 11.3 Å². The quantitative estimate of drug-likeness (QED) is 0.721. The van der Waals surface area contributed by atoms with Gasteiger partial charge in [0.05, 0.1) is 0 Å². The van der Waals surface area contributed by atoms with Crippen molar-refractivity contribution in [2.45, 2.75) is 26.7 Å². The molecule has 0 bridgehead atoms. The van der Waals surface area contributed by atoms with E-state index in [9.17, 15) is 0 Å². The van der Waals surface area contributed by atoms with Crippen molar-refractivity contribution in [1.82, 2.24) is 10.2 Å². The minimum absolute atomic E-state index is 0.581. The Balaban J connectivity index is 1.97. The molecule has 2 heterocycles. The number of hydrogen-bond donors (Lipinski definition) is 1. The third-order valence-electron chi connectivity index (χ3n) is 3.84. The second-order valence-electron chi connectivity index (χ2n) is 5.24. The van der Waals surface area contributed by atoms with Crippen molar-refractivity contribution >= 4 is 0 Å². The molecule has 2 aliphatic heterocycles. The number of likely N-dealkylation sites (tertiary alicyclic amines) is 1. The van der Waals surface area contributed by atoms with E-state index in [4.69, 9.17) is 0 Å². The van der Waals surface area contributed by atoms with Crippen molar-refractivity contribution in [1.29, 1.82) is 0 Å². The molecule has 1 atom stereocenters. The van der Waals surface area contributed by atoms with Gasteiger partial charge in [-0.15, -0.1) is 0 Å². The summed E-state index contributed by atoms with van der Waals surface area (Å²) in [5.41, 5.74) is 1.91. The van der Waals surface area contributed by atoms with Gasteiger partial charge in [-0.2, -0.15) is 0 Å². The number of nitrogens with zero attached hydrogens (tertiary/aromatic N) is 1. The molecule has 0 amide bonds. The lowest BCUT2D eigenvalue weighted by molar-refractivity contribution is 0.299. The molecule has 14 heavy (non-hydrogen) atoms. The van der Waals surface area contributed by atoms with E-state index in [-0.39, 0.29) is 0 Å². The van der Waals surface area contributed by atoms with Crippen LogP contribution >= 0.6 is 0 Å². The van der Waals surface area contributed by atoms with E-state index in [0.29, 0.717) is 11.3 Å². The maximum Gasteiger partial charge on any atom is 0.0244 e. The fourth-order valence-electron chi connectivity index (χ4n) is 2.69. The topological polar surface area (TPSA) is 15.3 Å². The van der Waals surface area contributed by atoms with Crippen LogP contribution in [0.1, 0.15) is 26.7 Å². The molecule has 2 fully saturated rings. The molecule has 0 aromatic rings. The highest BCUT2D eigenvalue weighted by atomic mass is 15.2. The first-order chi connectivity index (χ1) is 6.63. The van der Waals surface area contributed by atoms with Crippen molar-refractivity contribution in [3.05, 3.63) is 12.3 Å². The lowest BCUT2D eigenvalue weighted by atomic mass is 9.86. The molecule has 2 rings (SSSR count). The van der Waals surface area contributed by atoms with Crippen LogP contribution in [0.5, 0.6) is 0 Å². The van der Waals surface area contributed by atoms with E-state index in [0.717, 1.165) is 0 Å². The lowest BCUT2D eigenvalue weighted by Crippen LogP contribution is -2.29. The highest BCUT2D eigenvalue weighted by molar-refractivity contribution is 5.05. The first-order valence-electron chi connectivity index (χ1n) is 5.77. The van der Waals surface area contributed by atoms with Crippen LogP contribution in [0.25, 0.3) is 0 Å². The Morgan fingerprint density at radius 2 is 2.21 bits per heavy atom. The zero-order valence-electron chi connectivity index (χ0n) is 9.47. The average molecular weight is 194 g/mol. The summed E-state index contributed by atoms with van der Waals surface area (Å²) < 4.78 is 0. The molecule has 80 valence electrons. The Morgan fingerprint density at radius 1 is 1.43 bits per heavy atom. The highest BCUT2D eigenvalue weighted by Gasteiger charge is 2.40. The molecule has 2 nitrogen and oxygen atoms in total. The summed E-state index contributed by atoms with van der Waals surface area (Å²) in [7, 11) is 0. The van der Waals surface area contributed by atoms with E-state index in [1.165, 1.54) is 44.7 Å². The Hall–Kier alpha value is -0.500. The normalized spacial score (nSPS) is 32.1. The second-order valence-corrected chi connectivity index (χ2v) is 5.24. The molecule has 0 aliphatic carbocycles. The largest absolute Gasteiger partial charge is 0.374 e. The molecule has 2 heteroatoms. The van der Waals surface area contributed by atoms with Crippen LogP contribution in [0.15, 0.2) is 12.3 Å². The molecule has 2 saturated heterocycles. The molecule has 0 aromatic carbocycles. The molecule has 0 radical (unpaired) electrons. The maximum absolute atomic E-state index is 4.20. The highest BCUT2D eigenvalue weighted by Crippen LogP contribution is 2.38. The molecule has 0 saturated carbocycles. The second kappa shape index (κ2) is 3.58. The number of hydrogen-bond acceptors (Lipinski definition) is 2. The molecule has 2 aliphatic rings. The van der Waals surface area contributed by atoms with E-state index < -0.39 is 0 Å². The Labute approximate surface area is 87.4 Å². The predicted molar refractivity (Wildman–Crippen MR) is 60.1 cm³/mol. The van der Waals surface area contributed by atoms with Crippen molar-refractivity contribution in [3.63, 3.8) is 0 Å². The van der Waals surface area contributed by atoms with Gasteiger partial charge in [-0.3, -0.25) is 0 Å². The van der Waals surface area contributed by atoms with Crippen molar-refractivity contribution < 1.29 is 0 Å². The molecule has 1 unspecified atom stereocenters. The van der Waals surface area contributed by atoms with Crippen LogP contribution in [0, 0.1) is 11.3 Å². The number of allylic oxidation sites excluding steroid dienone is 1. The van der Waals surface area contributed by atoms with Crippen LogP contribution in [0.3, 0.4) is 0 Å². The first-order valence-corrected chi connectivity index (χ1v) is 5.77. The average Bonchev–Trinajstić information content (AvgIpc) is 2.76. The predicted octanol–water partition coefficient (Wildman–Crippen LogP) is 1.84. The fourth-order valence-corrected chi connectivity index (χ4v) is 2.69. The Bertz CT molecular complexity index is 226. The summed E-state index contributed by atoms with van der Waals surface area (Å²) in [5, 5.41) is 3.49. The SMILES string of the molecule is C=C(C(C)C)N1CCC2(CCNC2)C1. The molecular formula is C12H22N2. The van der Waals surface area contributed by atoms with Crippen molar-refractivity contribution in [2.75, 3.05) is 26.2 Å². The van der Waals surface area contributed by atoms with E-state index >= 15 is 0 Å². The summed E-state index contributed by atoms with van der Waals surface area (Å²) in [6, 6.07) is 0. The fraction of sp³-hybridized carbons (Fsp3) is 0.833. The summed E-state index contributed by atoms with van der Waals surface area (Å²) >= 11 is 0. The van der Waals surface area contributed by atoms with Crippen LogP contribution < -0.4 is 5.32 Å². The Kier molecular flexibility index (Phi) is 2.56. The third-order valence-corrected chi connectivity index (χ3v) is 3.84. The number of rotatable bonds is 2. The van der Waals surface area contributed by atoms with Gasteiger partial charge in [0.15, 0.2) is 0 Å². The van der Waals surface area contributed by atoms with E-state index in [1.807, 2.05) is 0 Å². The van der Waals surface area contributed by atoms with Gasteiger partial charge in [-0.1, -0.05) is 20.4 Å². The first kappa shape index (κ1) is 10.0. The van der Waals surface area contributed by atoms with Crippen LogP contribution in [-0.4, -0.2) is 31.1 Å². The molecule has 1 N–H and O–H groups in total. The summed E-state index contributed by atoms with van der Waals surface area (Å²) in [6.07, 6.45) is 2.71. The van der Waals surface area contributed by atoms with Gasteiger partial charge in [0.2, 0.25) is 0 Å². The monoisotopic (exact) mass is 194 g/mol. The minimum atomic E-state index is 0.581. The smallest absolute Gasteiger partial charge is 0.0244 e. The van der Waals surface area contributed by atoms with Gasteiger partial charge in [0.1, 0.15) is 0 Å². The molecular weight excluding hydrogens is 172 g/mol. The standard InChI is InChI=1S/C12H22N2/c1-10(2)11(3)14-7-5-12(9-14)4-6-13-8-12/h10,13H,3-9H2,1-2H3. The van der Waals surface area contributed by atoms with Gasteiger partial charge in [-0.25, -0.2) is 0 Å². The van der Waals surface area contributed by atoms with Gasteiger partial charge in [0.25, 0.3) is 0 Å².